The maximum atomic E-state index is 13.1. The van der Waals surface area contributed by atoms with Crippen LogP contribution in [0, 0.1) is 15.9 Å². The Morgan fingerprint density at radius 1 is 1.29 bits per heavy atom. The summed E-state index contributed by atoms with van der Waals surface area (Å²) < 4.78 is 13.1. The van der Waals surface area contributed by atoms with Crippen LogP contribution in [0.25, 0.3) is 0 Å². The zero-order chi connectivity index (χ0) is 15.4. The molecule has 0 fully saturated rings. The summed E-state index contributed by atoms with van der Waals surface area (Å²) in [5.41, 5.74) is 1.12. The monoisotopic (exact) mass is 309 g/mol. The lowest BCUT2D eigenvalue weighted by atomic mass is 10.2. The molecule has 0 saturated heterocycles. The van der Waals surface area contributed by atoms with E-state index in [0.717, 1.165) is 0 Å². The fourth-order valence-corrected chi connectivity index (χ4v) is 2.08. The summed E-state index contributed by atoms with van der Waals surface area (Å²) in [6.45, 7) is 2.41. The molecule has 0 aliphatic carbocycles. The van der Waals surface area contributed by atoms with Crippen molar-refractivity contribution in [2.24, 2.45) is 0 Å². The van der Waals surface area contributed by atoms with E-state index < -0.39 is 10.7 Å². The molecule has 7 heteroatoms. The molecule has 2 aromatic carbocycles. The van der Waals surface area contributed by atoms with E-state index in [9.17, 15) is 14.5 Å². The van der Waals surface area contributed by atoms with Crippen LogP contribution < -0.4 is 10.6 Å². The van der Waals surface area contributed by atoms with Crippen molar-refractivity contribution in [1.82, 2.24) is 0 Å². The highest BCUT2D eigenvalue weighted by Gasteiger charge is 2.19. The number of nitro benzene ring substituents is 1. The number of halogens is 2. The molecule has 0 saturated carbocycles. The molecular formula is C14H13ClFN3O2. The summed E-state index contributed by atoms with van der Waals surface area (Å²) in [5, 5.41) is 17.0. The van der Waals surface area contributed by atoms with Crippen LogP contribution in [0.3, 0.4) is 0 Å². The maximum Gasteiger partial charge on any atom is 0.315 e. The lowest BCUT2D eigenvalue weighted by molar-refractivity contribution is -0.383. The van der Waals surface area contributed by atoms with Crippen molar-refractivity contribution in [2.45, 2.75) is 6.92 Å². The number of hydrogen-bond acceptors (Lipinski definition) is 4. The van der Waals surface area contributed by atoms with E-state index in [4.69, 9.17) is 11.6 Å². The Bertz CT molecular complexity index is 679. The summed E-state index contributed by atoms with van der Waals surface area (Å²) in [7, 11) is 0. The van der Waals surface area contributed by atoms with Crippen LogP contribution in [-0.2, 0) is 0 Å². The number of nitrogens with zero attached hydrogens (tertiary/aromatic N) is 1. The van der Waals surface area contributed by atoms with E-state index in [-0.39, 0.29) is 10.7 Å². The number of hydrogen-bond donors (Lipinski definition) is 2. The lowest BCUT2D eigenvalue weighted by Gasteiger charge is -2.11. The van der Waals surface area contributed by atoms with Gasteiger partial charge in [0.25, 0.3) is 0 Å². The second-order valence-electron chi connectivity index (χ2n) is 4.24. The number of nitro groups is 1. The molecule has 0 aliphatic heterocycles. The Balaban J connectivity index is 2.41. The minimum Gasteiger partial charge on any atom is -0.380 e. The first-order valence-corrected chi connectivity index (χ1v) is 6.64. The molecule has 5 nitrogen and oxygen atoms in total. The van der Waals surface area contributed by atoms with Crippen LogP contribution in [0.1, 0.15) is 6.92 Å². The minimum absolute atomic E-state index is 0.0505. The average Bonchev–Trinajstić information content (AvgIpc) is 2.43. The molecule has 2 N–H and O–H groups in total. The zero-order valence-corrected chi connectivity index (χ0v) is 11.9. The molecule has 2 aromatic rings. The van der Waals surface area contributed by atoms with Crippen LogP contribution in [-0.4, -0.2) is 11.5 Å². The van der Waals surface area contributed by atoms with Gasteiger partial charge >= 0.3 is 5.69 Å². The van der Waals surface area contributed by atoms with Gasteiger partial charge in [-0.3, -0.25) is 10.1 Å². The van der Waals surface area contributed by atoms with Gasteiger partial charge in [-0.1, -0.05) is 17.7 Å². The lowest BCUT2D eigenvalue weighted by Crippen LogP contribution is -2.04. The van der Waals surface area contributed by atoms with Gasteiger partial charge in [0.1, 0.15) is 17.2 Å². The predicted octanol–water partition coefficient (Wildman–Crippen LogP) is 4.56. The van der Waals surface area contributed by atoms with Gasteiger partial charge in [0, 0.05) is 12.2 Å². The highest BCUT2D eigenvalue weighted by Crippen LogP contribution is 2.35. The van der Waals surface area contributed by atoms with E-state index >= 15 is 0 Å². The normalized spacial score (nSPS) is 10.2. The van der Waals surface area contributed by atoms with Crippen LogP contribution in [0.2, 0.25) is 5.02 Å². The number of nitrogens with one attached hydrogen (secondary N) is 2. The van der Waals surface area contributed by atoms with Gasteiger partial charge in [0.2, 0.25) is 0 Å². The molecule has 0 amide bonds. The molecule has 0 radical (unpaired) electrons. The maximum absolute atomic E-state index is 13.1. The van der Waals surface area contributed by atoms with E-state index in [1.165, 1.54) is 18.2 Å². The third-order valence-corrected chi connectivity index (χ3v) is 3.07. The number of anilines is 3. The number of benzene rings is 2. The summed E-state index contributed by atoms with van der Waals surface area (Å²) in [5.74, 6) is -0.543. The minimum atomic E-state index is -0.543. The second kappa shape index (κ2) is 6.41. The molecule has 0 aromatic heterocycles. The first kappa shape index (κ1) is 15.1. The fraction of sp³-hybridized carbons (Fsp3) is 0.143. The van der Waals surface area contributed by atoms with E-state index in [0.29, 0.717) is 23.6 Å². The van der Waals surface area contributed by atoms with Crippen molar-refractivity contribution in [3.05, 3.63) is 57.4 Å². The average molecular weight is 310 g/mol. The van der Waals surface area contributed by atoms with Gasteiger partial charge in [-0.05, 0) is 37.3 Å². The van der Waals surface area contributed by atoms with Gasteiger partial charge in [-0.15, -0.1) is 0 Å². The zero-order valence-electron chi connectivity index (χ0n) is 11.2. The predicted molar refractivity (Wildman–Crippen MR) is 82.0 cm³/mol. The molecule has 0 atom stereocenters. The van der Waals surface area contributed by atoms with Crippen molar-refractivity contribution >= 4 is 34.4 Å². The third-order valence-electron chi connectivity index (χ3n) is 2.78. The van der Waals surface area contributed by atoms with Crippen molar-refractivity contribution in [2.75, 3.05) is 17.2 Å². The highest BCUT2D eigenvalue weighted by molar-refractivity contribution is 6.31. The summed E-state index contributed by atoms with van der Waals surface area (Å²) in [6, 6.07) is 8.94. The summed E-state index contributed by atoms with van der Waals surface area (Å²) in [4.78, 5) is 10.8. The first-order chi connectivity index (χ1) is 10.0. The Morgan fingerprint density at radius 2 is 2.00 bits per heavy atom. The topological polar surface area (TPSA) is 67.2 Å². The molecule has 0 unspecified atom stereocenters. The van der Waals surface area contributed by atoms with Crippen molar-refractivity contribution in [3.8, 4) is 0 Å². The molecule has 0 bridgehead atoms. The molecule has 2 rings (SSSR count). The van der Waals surface area contributed by atoms with Crippen molar-refractivity contribution in [1.29, 1.82) is 0 Å². The summed E-state index contributed by atoms with van der Waals surface area (Å²) >= 11 is 5.70. The first-order valence-electron chi connectivity index (χ1n) is 6.26. The number of rotatable bonds is 5. The smallest absolute Gasteiger partial charge is 0.315 e. The van der Waals surface area contributed by atoms with Crippen LogP contribution in [0.5, 0.6) is 0 Å². The molecule has 0 aliphatic rings. The number of para-hydroxylation sites is 1. The Labute approximate surface area is 125 Å². The van der Waals surface area contributed by atoms with E-state index in [1.807, 2.05) is 6.92 Å². The van der Waals surface area contributed by atoms with Crippen LogP contribution >= 0.6 is 11.6 Å². The Kier molecular flexibility index (Phi) is 4.59. The Morgan fingerprint density at radius 3 is 2.62 bits per heavy atom. The van der Waals surface area contributed by atoms with Gasteiger partial charge in [0.15, 0.2) is 0 Å². The SMILES string of the molecule is CCNc1cccc(Nc2ccc(F)c(Cl)c2)c1[N+](=O)[O-]. The van der Waals surface area contributed by atoms with Gasteiger partial charge < -0.3 is 10.6 Å². The van der Waals surface area contributed by atoms with Crippen molar-refractivity contribution < 1.29 is 9.31 Å². The van der Waals surface area contributed by atoms with Crippen LogP contribution in [0.15, 0.2) is 36.4 Å². The van der Waals surface area contributed by atoms with Gasteiger partial charge in [0.05, 0.1) is 9.95 Å². The molecule has 0 heterocycles. The quantitative estimate of drug-likeness (QED) is 0.627. The standard InChI is InChI=1S/C14H13ClFN3O2/c1-2-17-12-4-3-5-13(14(12)19(20)21)18-9-6-7-11(16)10(15)8-9/h3-8,17-18H,2H2,1H3. The molecular weight excluding hydrogens is 297 g/mol. The Hall–Kier alpha value is -2.34. The summed E-state index contributed by atoms with van der Waals surface area (Å²) in [6.07, 6.45) is 0. The third kappa shape index (κ3) is 3.41. The van der Waals surface area contributed by atoms with E-state index in [2.05, 4.69) is 10.6 Å². The second-order valence-corrected chi connectivity index (χ2v) is 4.65. The largest absolute Gasteiger partial charge is 0.380 e. The van der Waals surface area contributed by atoms with Crippen molar-refractivity contribution in [3.63, 3.8) is 0 Å². The molecule has 110 valence electrons. The molecule has 0 spiro atoms. The van der Waals surface area contributed by atoms with Crippen LogP contribution in [0.4, 0.5) is 27.1 Å². The molecule has 21 heavy (non-hydrogen) atoms. The van der Waals surface area contributed by atoms with Gasteiger partial charge in [-0.2, -0.15) is 0 Å². The van der Waals surface area contributed by atoms with E-state index in [1.54, 1.807) is 18.2 Å². The fourth-order valence-electron chi connectivity index (χ4n) is 1.90. The highest BCUT2D eigenvalue weighted by atomic mass is 35.5. The van der Waals surface area contributed by atoms with Gasteiger partial charge in [-0.25, -0.2) is 4.39 Å².